The molecule has 2 unspecified atom stereocenters. The minimum absolute atomic E-state index is 0.168. The van der Waals surface area contributed by atoms with Crippen molar-refractivity contribution in [1.29, 1.82) is 0 Å². The van der Waals surface area contributed by atoms with Gasteiger partial charge in [-0.3, -0.25) is 4.98 Å². The molecule has 3 fully saturated rings. The van der Waals surface area contributed by atoms with E-state index in [9.17, 15) is 5.11 Å². The second kappa shape index (κ2) is 9.52. The quantitative estimate of drug-likeness (QED) is 0.386. The number of anilines is 1. The molecule has 0 radical (unpaired) electrons. The summed E-state index contributed by atoms with van der Waals surface area (Å²) in [4.78, 5) is 19.2. The van der Waals surface area contributed by atoms with Crippen LogP contribution in [0.2, 0.25) is 5.02 Å². The number of aromatic nitrogens is 3. The van der Waals surface area contributed by atoms with Crippen LogP contribution in [-0.2, 0) is 0 Å². The van der Waals surface area contributed by atoms with Gasteiger partial charge in [-0.2, -0.15) is 9.97 Å². The van der Waals surface area contributed by atoms with E-state index in [1.807, 2.05) is 30.5 Å². The number of ether oxygens (including phenoxy) is 1. The first-order valence-corrected chi connectivity index (χ1v) is 13.8. The van der Waals surface area contributed by atoms with Crippen LogP contribution in [0.1, 0.15) is 25.7 Å². The van der Waals surface area contributed by atoms with Crippen molar-refractivity contribution in [1.82, 2.24) is 25.2 Å². The number of aromatic hydroxyl groups is 1. The molecule has 4 aromatic rings. The highest BCUT2D eigenvalue weighted by Crippen LogP contribution is 2.40. The van der Waals surface area contributed by atoms with Gasteiger partial charge in [0.05, 0.1) is 16.1 Å². The molecule has 2 aromatic heterocycles. The van der Waals surface area contributed by atoms with Crippen molar-refractivity contribution in [2.75, 3.05) is 38.2 Å². The number of fused-ring (bicyclic) bond motifs is 4. The Morgan fingerprint density at radius 1 is 1.08 bits per heavy atom. The fraction of sp³-hybridized carbons (Fsp3) is 0.414. The zero-order valence-corrected chi connectivity index (χ0v) is 22.2. The predicted molar refractivity (Wildman–Crippen MR) is 150 cm³/mol. The molecular weight excluding hydrogens is 500 g/mol. The molecule has 2 bridgehead atoms. The molecule has 3 atom stereocenters. The van der Waals surface area contributed by atoms with Crippen LogP contribution in [0.4, 0.5) is 5.82 Å². The average molecular weight is 531 g/mol. The van der Waals surface area contributed by atoms with Crippen molar-refractivity contribution >= 4 is 39.1 Å². The van der Waals surface area contributed by atoms with Gasteiger partial charge in [0.25, 0.3) is 0 Å². The second-order valence-electron chi connectivity index (χ2n) is 10.9. The minimum Gasteiger partial charge on any atom is -0.508 e. The average Bonchev–Trinajstić information content (AvgIpc) is 3.50. The monoisotopic (exact) mass is 530 g/mol. The maximum Gasteiger partial charge on any atom is 0.319 e. The molecule has 3 aliphatic heterocycles. The Morgan fingerprint density at radius 2 is 1.89 bits per heavy atom. The molecule has 5 heterocycles. The van der Waals surface area contributed by atoms with E-state index in [0.29, 0.717) is 47.0 Å². The van der Waals surface area contributed by atoms with E-state index >= 15 is 0 Å². The first-order valence-electron chi connectivity index (χ1n) is 13.5. The number of pyridine rings is 1. The summed E-state index contributed by atoms with van der Waals surface area (Å²) in [7, 11) is 2.14. The van der Waals surface area contributed by atoms with Crippen LogP contribution in [0.5, 0.6) is 11.8 Å². The summed E-state index contributed by atoms with van der Waals surface area (Å²) in [6, 6.07) is 13.0. The third kappa shape index (κ3) is 4.21. The van der Waals surface area contributed by atoms with Gasteiger partial charge in [-0.1, -0.05) is 35.9 Å². The van der Waals surface area contributed by atoms with Crippen LogP contribution in [0.25, 0.3) is 32.9 Å². The van der Waals surface area contributed by atoms with E-state index in [1.165, 1.54) is 19.3 Å². The molecule has 0 saturated carbocycles. The van der Waals surface area contributed by atoms with Gasteiger partial charge < -0.3 is 25.0 Å². The summed E-state index contributed by atoms with van der Waals surface area (Å²) in [5.74, 6) is 0.992. The normalized spacial score (nSPS) is 23.5. The minimum atomic E-state index is 0.168. The van der Waals surface area contributed by atoms with Crippen LogP contribution >= 0.6 is 11.6 Å². The van der Waals surface area contributed by atoms with Crippen molar-refractivity contribution in [3.63, 3.8) is 0 Å². The first kappa shape index (κ1) is 23.9. The van der Waals surface area contributed by atoms with Gasteiger partial charge in [-0.15, -0.1) is 0 Å². The lowest BCUT2D eigenvalue weighted by atomic mass is 10.0. The molecule has 0 amide bonds. The van der Waals surface area contributed by atoms with Crippen LogP contribution in [0.3, 0.4) is 0 Å². The van der Waals surface area contributed by atoms with E-state index in [-0.39, 0.29) is 5.75 Å². The van der Waals surface area contributed by atoms with Gasteiger partial charge in [0.1, 0.15) is 23.7 Å². The number of nitrogens with one attached hydrogen (secondary N) is 1. The maximum atomic E-state index is 10.5. The number of hydrogen-bond donors (Lipinski definition) is 2. The third-order valence-corrected chi connectivity index (χ3v) is 8.70. The van der Waals surface area contributed by atoms with Crippen molar-refractivity contribution in [3.8, 4) is 23.0 Å². The van der Waals surface area contributed by atoms with Gasteiger partial charge in [0.15, 0.2) is 0 Å². The van der Waals surface area contributed by atoms with Gasteiger partial charge in [0, 0.05) is 43.0 Å². The largest absolute Gasteiger partial charge is 0.508 e. The topological polar surface area (TPSA) is 86.6 Å². The molecule has 0 aliphatic carbocycles. The van der Waals surface area contributed by atoms with Crippen molar-refractivity contribution in [2.45, 2.75) is 43.8 Å². The van der Waals surface area contributed by atoms with Gasteiger partial charge >= 0.3 is 6.01 Å². The Kier molecular flexibility index (Phi) is 5.98. The lowest BCUT2D eigenvalue weighted by Crippen LogP contribution is -2.51. The van der Waals surface area contributed by atoms with Crippen LogP contribution < -0.4 is 15.0 Å². The number of halogens is 1. The summed E-state index contributed by atoms with van der Waals surface area (Å²) >= 11 is 7.10. The highest BCUT2D eigenvalue weighted by molar-refractivity contribution is 6.38. The fourth-order valence-corrected chi connectivity index (χ4v) is 6.63. The van der Waals surface area contributed by atoms with E-state index in [1.54, 1.807) is 12.1 Å². The van der Waals surface area contributed by atoms with Gasteiger partial charge in [-0.05, 0) is 62.2 Å². The molecule has 2 aromatic carbocycles. The molecule has 196 valence electrons. The summed E-state index contributed by atoms with van der Waals surface area (Å²) in [5, 5.41) is 17.3. The van der Waals surface area contributed by atoms with Crippen LogP contribution in [-0.4, -0.2) is 76.4 Å². The molecule has 7 rings (SSSR count). The molecule has 8 nitrogen and oxygen atoms in total. The lowest BCUT2D eigenvalue weighted by molar-refractivity contribution is 0.188. The van der Waals surface area contributed by atoms with Crippen molar-refractivity contribution < 1.29 is 9.84 Å². The molecule has 0 spiro atoms. The summed E-state index contributed by atoms with van der Waals surface area (Å²) in [6.07, 6.45) is 6.46. The zero-order valence-electron chi connectivity index (χ0n) is 21.4. The number of likely N-dealkylation sites (tertiary alicyclic amines) is 1. The summed E-state index contributed by atoms with van der Waals surface area (Å²) in [6.45, 7) is 3.38. The molecule has 3 aliphatic rings. The third-order valence-electron chi connectivity index (χ3n) is 8.34. The fourth-order valence-electron chi connectivity index (χ4n) is 6.34. The number of phenols is 1. The number of hydrogen-bond acceptors (Lipinski definition) is 8. The highest BCUT2D eigenvalue weighted by atomic mass is 35.5. The summed E-state index contributed by atoms with van der Waals surface area (Å²) in [5.41, 5.74) is 1.97. The van der Waals surface area contributed by atoms with Crippen molar-refractivity contribution in [3.05, 3.63) is 47.6 Å². The SMILES string of the molecule is CN1CCC[C@H]1COc1nc(N2CC3CCC(C2)N3)c2cnc(-c3cc(O)cc4ccccc34)c(Cl)c2n1. The van der Waals surface area contributed by atoms with E-state index in [0.717, 1.165) is 53.6 Å². The summed E-state index contributed by atoms with van der Waals surface area (Å²) < 4.78 is 6.23. The van der Waals surface area contributed by atoms with Crippen molar-refractivity contribution in [2.24, 2.45) is 0 Å². The predicted octanol–water partition coefficient (Wildman–Crippen LogP) is 4.62. The number of benzene rings is 2. The first-order chi connectivity index (χ1) is 18.5. The molecule has 9 heteroatoms. The molecule has 2 N–H and O–H groups in total. The number of piperazine rings is 1. The number of nitrogens with zero attached hydrogens (tertiary/aromatic N) is 5. The molecule has 3 saturated heterocycles. The molecular formula is C29H31ClN6O2. The lowest BCUT2D eigenvalue weighted by Gasteiger charge is -2.34. The Bertz CT molecular complexity index is 1520. The smallest absolute Gasteiger partial charge is 0.319 e. The van der Waals surface area contributed by atoms with E-state index in [4.69, 9.17) is 31.3 Å². The van der Waals surface area contributed by atoms with E-state index in [2.05, 4.69) is 22.2 Å². The highest BCUT2D eigenvalue weighted by Gasteiger charge is 2.34. The Morgan fingerprint density at radius 3 is 2.68 bits per heavy atom. The van der Waals surface area contributed by atoms with Crippen LogP contribution in [0, 0.1) is 0 Å². The Balaban J connectivity index is 1.36. The molecule has 38 heavy (non-hydrogen) atoms. The van der Waals surface area contributed by atoms with E-state index < -0.39 is 0 Å². The maximum absolute atomic E-state index is 10.5. The second-order valence-corrected chi connectivity index (χ2v) is 11.2. The number of rotatable bonds is 5. The van der Waals surface area contributed by atoms with Crippen LogP contribution in [0.15, 0.2) is 42.6 Å². The standard InChI is InChI=1S/C29H31ClN6O2/c1-35-10-4-6-20(35)16-38-29-33-27-24(28(34-29)36-14-18-8-9-19(15-36)32-18)13-31-26(25(27)30)23-12-21(37)11-17-5-2-3-7-22(17)23/h2-3,5,7,11-13,18-20,32,37H,4,6,8-10,14-16H2,1H3/t18?,19?,20-/m0/s1. The Labute approximate surface area is 226 Å². The van der Waals surface area contributed by atoms with Gasteiger partial charge in [0.2, 0.25) is 0 Å². The number of phenolic OH excluding ortho intramolecular Hbond substituents is 1. The van der Waals surface area contributed by atoms with Gasteiger partial charge in [-0.25, -0.2) is 0 Å². The zero-order chi connectivity index (χ0) is 25.8. The Hall–Kier alpha value is -3.20. The number of likely N-dealkylation sites (N-methyl/N-ethyl adjacent to an activating group) is 1.